The van der Waals surface area contributed by atoms with E-state index >= 15 is 0 Å². The summed E-state index contributed by atoms with van der Waals surface area (Å²) in [4.78, 5) is 54.9. The van der Waals surface area contributed by atoms with Crippen molar-refractivity contribution in [1.82, 2.24) is 15.1 Å². The Morgan fingerprint density at radius 3 is 2.17 bits per heavy atom. The van der Waals surface area contributed by atoms with E-state index in [-0.39, 0.29) is 13.1 Å². The van der Waals surface area contributed by atoms with E-state index < -0.39 is 48.3 Å². The predicted molar refractivity (Wildman–Crippen MR) is 147 cm³/mol. The number of carbonyl (C=O) groups excluding carboxylic acids is 3. The number of carbonyl (C=O) groups is 4. The molecule has 0 bridgehead atoms. The molecule has 0 radical (unpaired) electrons. The summed E-state index contributed by atoms with van der Waals surface area (Å²) in [7, 11) is 0. The van der Waals surface area contributed by atoms with Gasteiger partial charge in [-0.25, -0.2) is 9.18 Å². The Bertz CT molecular complexity index is 1420. The topological polar surface area (TPSA) is 119 Å². The Morgan fingerprint density at radius 2 is 1.55 bits per heavy atom. The molecule has 40 heavy (non-hydrogen) atoms. The van der Waals surface area contributed by atoms with Crippen molar-refractivity contribution in [3.8, 4) is 0 Å². The first-order chi connectivity index (χ1) is 19.0. The number of aryl methyl sites for hydroxylation is 3. The van der Waals surface area contributed by atoms with Gasteiger partial charge in [0.25, 0.3) is 11.8 Å². The predicted octanol–water partition coefficient (Wildman–Crippen LogP) is 4.40. The molecule has 0 saturated carbocycles. The summed E-state index contributed by atoms with van der Waals surface area (Å²) in [5.41, 5.74) is 4.01. The molecular formula is C30H31FN4O5. The molecule has 1 heterocycles. The molecule has 4 rings (SSSR count). The fourth-order valence-electron chi connectivity index (χ4n) is 4.89. The van der Waals surface area contributed by atoms with Crippen LogP contribution in [0.3, 0.4) is 0 Å². The lowest BCUT2D eigenvalue weighted by Crippen LogP contribution is -2.55. The van der Waals surface area contributed by atoms with Crippen LogP contribution in [0.1, 0.15) is 45.1 Å². The highest BCUT2D eigenvalue weighted by Gasteiger charge is 2.43. The zero-order chi connectivity index (χ0) is 29.0. The monoisotopic (exact) mass is 546 g/mol. The van der Waals surface area contributed by atoms with Gasteiger partial charge in [0.15, 0.2) is 6.17 Å². The van der Waals surface area contributed by atoms with Crippen LogP contribution in [0.2, 0.25) is 0 Å². The maximum atomic E-state index is 13.8. The number of nitrogens with zero attached hydrogens (tertiary/aromatic N) is 2. The van der Waals surface area contributed by atoms with Crippen LogP contribution in [0.4, 0.5) is 14.9 Å². The summed E-state index contributed by atoms with van der Waals surface area (Å²) >= 11 is 0. The molecule has 208 valence electrons. The Balaban J connectivity index is 1.66. The maximum Gasteiger partial charge on any atom is 0.323 e. The quantitative estimate of drug-likeness (QED) is 0.406. The second kappa shape index (κ2) is 12.0. The zero-order valence-corrected chi connectivity index (χ0v) is 22.5. The molecule has 1 aliphatic rings. The molecule has 0 aromatic heterocycles. The molecule has 2 atom stereocenters. The number of carboxylic acid groups (broad SMARTS) is 1. The second-order valence-electron chi connectivity index (χ2n) is 9.95. The minimum atomic E-state index is -1.35. The van der Waals surface area contributed by atoms with E-state index in [1.807, 2.05) is 32.9 Å². The number of rotatable bonds is 7. The highest BCUT2D eigenvalue weighted by molar-refractivity contribution is 6.01. The van der Waals surface area contributed by atoms with Crippen LogP contribution < -0.4 is 10.6 Å². The van der Waals surface area contributed by atoms with Crippen LogP contribution >= 0.6 is 0 Å². The van der Waals surface area contributed by atoms with Crippen LogP contribution in [-0.4, -0.2) is 58.0 Å². The fourth-order valence-corrected chi connectivity index (χ4v) is 4.89. The highest BCUT2D eigenvalue weighted by Crippen LogP contribution is 2.24. The van der Waals surface area contributed by atoms with E-state index in [1.165, 1.54) is 34.1 Å². The van der Waals surface area contributed by atoms with Gasteiger partial charge in [-0.15, -0.1) is 0 Å². The van der Waals surface area contributed by atoms with Crippen molar-refractivity contribution in [1.29, 1.82) is 0 Å². The van der Waals surface area contributed by atoms with Crippen molar-refractivity contribution >= 4 is 29.5 Å². The lowest BCUT2D eigenvalue weighted by molar-refractivity contribution is -0.138. The molecule has 10 heteroatoms. The first-order valence-corrected chi connectivity index (χ1v) is 12.8. The number of halogens is 1. The number of urea groups is 1. The number of carboxylic acids is 1. The van der Waals surface area contributed by atoms with Gasteiger partial charge in [0, 0.05) is 24.3 Å². The van der Waals surface area contributed by atoms with Gasteiger partial charge in [-0.1, -0.05) is 35.9 Å². The average molecular weight is 547 g/mol. The number of hydrogen-bond acceptors (Lipinski definition) is 4. The van der Waals surface area contributed by atoms with Crippen LogP contribution in [0.15, 0.2) is 66.7 Å². The standard InChI is InChI=1S/C30H31FN4O5/c1-18-5-4-6-22(14-18)29(39)34-11-12-35(30(40)32-24-15-19(2)13-20(3)16-24)28(34)27(38)33-25(17-26(36)37)21-7-9-23(31)10-8-21/h4-10,13-16,25,28H,11-12,17H2,1-3H3,(H,32,40)(H,33,38)(H,36,37). The van der Waals surface area contributed by atoms with Gasteiger partial charge >= 0.3 is 12.0 Å². The molecule has 0 aliphatic carbocycles. The van der Waals surface area contributed by atoms with Gasteiger partial charge < -0.3 is 20.6 Å². The summed E-state index contributed by atoms with van der Waals surface area (Å²) in [6.07, 6.45) is -1.83. The van der Waals surface area contributed by atoms with E-state index in [0.717, 1.165) is 16.7 Å². The first-order valence-electron chi connectivity index (χ1n) is 12.8. The average Bonchev–Trinajstić information content (AvgIpc) is 3.33. The third kappa shape index (κ3) is 6.63. The first kappa shape index (κ1) is 28.3. The normalized spacial score (nSPS) is 15.4. The molecular weight excluding hydrogens is 515 g/mol. The van der Waals surface area contributed by atoms with Crippen molar-refractivity contribution in [2.75, 3.05) is 18.4 Å². The molecule has 1 aliphatic heterocycles. The SMILES string of the molecule is Cc1cc(C)cc(NC(=O)N2CCN(C(=O)c3cccc(C)c3)C2C(=O)NC(CC(=O)O)c2ccc(F)cc2)c1. The van der Waals surface area contributed by atoms with Crippen molar-refractivity contribution in [2.45, 2.75) is 39.4 Å². The fraction of sp³-hybridized carbons (Fsp3) is 0.267. The van der Waals surface area contributed by atoms with E-state index in [2.05, 4.69) is 10.6 Å². The van der Waals surface area contributed by atoms with E-state index in [9.17, 15) is 28.7 Å². The number of nitrogens with one attached hydrogen (secondary N) is 2. The summed E-state index contributed by atoms with van der Waals surface area (Å²) in [6.45, 7) is 5.80. The molecule has 9 nitrogen and oxygen atoms in total. The maximum absolute atomic E-state index is 13.8. The molecule has 3 N–H and O–H groups in total. The minimum Gasteiger partial charge on any atom is -0.481 e. The third-order valence-electron chi connectivity index (χ3n) is 6.63. The third-order valence-corrected chi connectivity index (χ3v) is 6.63. The summed E-state index contributed by atoms with van der Waals surface area (Å²) in [6, 6.07) is 16.0. The number of anilines is 1. The van der Waals surface area contributed by atoms with E-state index in [1.54, 1.807) is 30.3 Å². The Hall–Kier alpha value is -4.73. The van der Waals surface area contributed by atoms with Crippen molar-refractivity contribution in [2.24, 2.45) is 0 Å². The van der Waals surface area contributed by atoms with Crippen LogP contribution in [0, 0.1) is 26.6 Å². The Kier molecular flexibility index (Phi) is 8.47. The summed E-state index contributed by atoms with van der Waals surface area (Å²) in [5, 5.41) is 15.0. The Morgan fingerprint density at radius 1 is 0.900 bits per heavy atom. The summed E-state index contributed by atoms with van der Waals surface area (Å²) < 4.78 is 13.5. The van der Waals surface area contributed by atoms with E-state index in [0.29, 0.717) is 16.8 Å². The van der Waals surface area contributed by atoms with Crippen LogP contribution in [0.5, 0.6) is 0 Å². The smallest absolute Gasteiger partial charge is 0.323 e. The van der Waals surface area contributed by atoms with Crippen molar-refractivity contribution < 1.29 is 28.7 Å². The number of amides is 4. The molecule has 3 aromatic rings. The van der Waals surface area contributed by atoms with Gasteiger partial charge in [-0.05, 0) is 73.9 Å². The van der Waals surface area contributed by atoms with Gasteiger partial charge in [-0.3, -0.25) is 19.3 Å². The van der Waals surface area contributed by atoms with Crippen LogP contribution in [-0.2, 0) is 9.59 Å². The van der Waals surface area contributed by atoms with Gasteiger partial charge in [-0.2, -0.15) is 0 Å². The number of benzene rings is 3. The second-order valence-corrected chi connectivity index (χ2v) is 9.95. The lowest BCUT2D eigenvalue weighted by atomic mass is 10.0. The van der Waals surface area contributed by atoms with Gasteiger partial charge in [0.1, 0.15) is 5.82 Å². The molecule has 3 aromatic carbocycles. The van der Waals surface area contributed by atoms with Crippen LogP contribution in [0.25, 0.3) is 0 Å². The van der Waals surface area contributed by atoms with E-state index in [4.69, 9.17) is 0 Å². The van der Waals surface area contributed by atoms with Crippen molar-refractivity contribution in [3.05, 3.63) is 100 Å². The largest absolute Gasteiger partial charge is 0.481 e. The van der Waals surface area contributed by atoms with Gasteiger partial charge in [0.05, 0.1) is 12.5 Å². The zero-order valence-electron chi connectivity index (χ0n) is 22.5. The minimum absolute atomic E-state index is 0.0758. The molecule has 1 fully saturated rings. The molecule has 2 unspecified atom stereocenters. The summed E-state index contributed by atoms with van der Waals surface area (Å²) in [5.74, 6) is -2.87. The molecule has 1 saturated heterocycles. The number of hydrogen-bond donors (Lipinski definition) is 3. The van der Waals surface area contributed by atoms with Crippen molar-refractivity contribution in [3.63, 3.8) is 0 Å². The Labute approximate surface area is 231 Å². The van der Waals surface area contributed by atoms with Gasteiger partial charge in [0.2, 0.25) is 0 Å². The lowest BCUT2D eigenvalue weighted by Gasteiger charge is -2.31. The number of aliphatic carboxylic acids is 1. The molecule has 0 spiro atoms. The molecule has 4 amide bonds. The highest BCUT2D eigenvalue weighted by atomic mass is 19.1.